The third kappa shape index (κ3) is 6.24. The molecule has 0 radical (unpaired) electrons. The van der Waals surface area contributed by atoms with Gasteiger partial charge < -0.3 is 8.37 Å². The SMILES string of the molecule is CC=Cc1cc(-c2ccc(OS(C)(=O)=O)c(C=CC)c2)ccc1OS(C)(=O)=O. The Kier molecular flexibility index (Phi) is 6.69. The van der Waals surface area contributed by atoms with Crippen molar-refractivity contribution in [2.45, 2.75) is 13.8 Å². The van der Waals surface area contributed by atoms with Gasteiger partial charge in [0.15, 0.2) is 0 Å². The molecular weight excluding hydrogens is 400 g/mol. The molecule has 0 amide bonds. The Morgan fingerprint density at radius 2 is 1.04 bits per heavy atom. The van der Waals surface area contributed by atoms with Crippen molar-refractivity contribution in [2.75, 3.05) is 12.5 Å². The van der Waals surface area contributed by atoms with Crippen LogP contribution in [0.3, 0.4) is 0 Å². The average molecular weight is 423 g/mol. The maximum absolute atomic E-state index is 11.5. The molecule has 0 N–H and O–H groups in total. The van der Waals surface area contributed by atoms with Crippen molar-refractivity contribution < 1.29 is 25.2 Å². The molecule has 0 aromatic heterocycles. The van der Waals surface area contributed by atoms with Crippen LogP contribution in [0, 0.1) is 0 Å². The minimum Gasteiger partial charge on any atom is -0.382 e. The molecule has 0 fully saturated rings. The van der Waals surface area contributed by atoms with E-state index in [1.165, 1.54) is 0 Å². The lowest BCUT2D eigenvalue weighted by Gasteiger charge is -2.12. The number of benzene rings is 2. The summed E-state index contributed by atoms with van der Waals surface area (Å²) in [5.74, 6) is 0.463. The third-order valence-corrected chi connectivity index (χ3v) is 4.49. The van der Waals surface area contributed by atoms with E-state index in [4.69, 9.17) is 8.37 Å². The quantitative estimate of drug-likeness (QED) is 0.625. The van der Waals surface area contributed by atoms with Gasteiger partial charge in [-0.15, -0.1) is 0 Å². The van der Waals surface area contributed by atoms with Gasteiger partial charge in [-0.25, -0.2) is 0 Å². The van der Waals surface area contributed by atoms with Crippen LogP contribution in [-0.2, 0) is 20.2 Å². The van der Waals surface area contributed by atoms with Crippen molar-refractivity contribution in [1.29, 1.82) is 0 Å². The second-order valence-electron chi connectivity index (χ2n) is 6.08. The summed E-state index contributed by atoms with van der Waals surface area (Å²) in [4.78, 5) is 0. The van der Waals surface area contributed by atoms with E-state index in [0.717, 1.165) is 23.6 Å². The molecule has 0 heterocycles. The summed E-state index contributed by atoms with van der Waals surface area (Å²) < 4.78 is 55.9. The highest BCUT2D eigenvalue weighted by molar-refractivity contribution is 7.86. The maximum Gasteiger partial charge on any atom is 0.306 e. The fourth-order valence-corrected chi connectivity index (χ4v) is 3.51. The monoisotopic (exact) mass is 422 g/mol. The molecule has 8 heteroatoms. The first-order chi connectivity index (χ1) is 13.0. The zero-order valence-corrected chi connectivity index (χ0v) is 17.7. The maximum atomic E-state index is 11.5. The largest absolute Gasteiger partial charge is 0.382 e. The molecule has 0 aliphatic carbocycles. The first-order valence-electron chi connectivity index (χ1n) is 8.35. The van der Waals surface area contributed by atoms with Crippen LogP contribution >= 0.6 is 0 Å². The topological polar surface area (TPSA) is 86.7 Å². The molecule has 0 saturated carbocycles. The Morgan fingerprint density at radius 1 is 0.679 bits per heavy atom. The molecule has 150 valence electrons. The molecule has 0 aliphatic rings. The van der Waals surface area contributed by atoms with Crippen LogP contribution in [-0.4, -0.2) is 29.3 Å². The van der Waals surface area contributed by atoms with Crippen LogP contribution in [0.5, 0.6) is 11.5 Å². The summed E-state index contributed by atoms with van der Waals surface area (Å²) >= 11 is 0. The van der Waals surface area contributed by atoms with E-state index < -0.39 is 20.2 Å². The van der Waals surface area contributed by atoms with E-state index >= 15 is 0 Å². The van der Waals surface area contributed by atoms with Crippen molar-refractivity contribution in [3.8, 4) is 22.6 Å². The molecular formula is C20H22O6S2. The molecule has 0 aliphatic heterocycles. The predicted molar refractivity (Wildman–Crippen MR) is 112 cm³/mol. The molecule has 0 spiro atoms. The third-order valence-electron chi connectivity index (χ3n) is 3.53. The van der Waals surface area contributed by atoms with Gasteiger partial charge in [0.1, 0.15) is 11.5 Å². The summed E-state index contributed by atoms with van der Waals surface area (Å²) in [6, 6.07) is 10.2. The minimum atomic E-state index is -3.65. The lowest BCUT2D eigenvalue weighted by molar-refractivity contribution is 0.490. The van der Waals surface area contributed by atoms with Crippen LogP contribution in [0.15, 0.2) is 48.6 Å². The van der Waals surface area contributed by atoms with Crippen molar-refractivity contribution in [3.05, 3.63) is 59.7 Å². The van der Waals surface area contributed by atoms with Crippen LogP contribution in [0.1, 0.15) is 25.0 Å². The summed E-state index contributed by atoms with van der Waals surface area (Å²) in [7, 11) is -7.30. The minimum absolute atomic E-state index is 0.232. The zero-order chi connectivity index (χ0) is 20.9. The Labute approximate surface area is 166 Å². The van der Waals surface area contributed by atoms with Crippen molar-refractivity contribution in [1.82, 2.24) is 0 Å². The summed E-state index contributed by atoms with van der Waals surface area (Å²) in [6.07, 6.45) is 9.04. The first kappa shape index (κ1) is 21.7. The molecule has 0 saturated heterocycles. The summed E-state index contributed by atoms with van der Waals surface area (Å²) in [5.41, 5.74) is 2.83. The Balaban J connectivity index is 2.55. The Morgan fingerprint density at radius 3 is 1.32 bits per heavy atom. The van der Waals surface area contributed by atoms with Crippen LogP contribution < -0.4 is 8.37 Å². The smallest absolute Gasteiger partial charge is 0.306 e. The van der Waals surface area contributed by atoms with Gasteiger partial charge in [-0.3, -0.25) is 0 Å². The zero-order valence-electron chi connectivity index (χ0n) is 16.0. The standard InChI is InChI=1S/C20H22O6S2/c1-5-7-17-13-15(9-11-19(17)25-27(3,21)22)16-10-12-20(26-28(4,23)24)18(14-16)8-6-2/h5-14H,1-4H3. The molecule has 2 aromatic rings. The second-order valence-corrected chi connectivity index (χ2v) is 9.23. The number of hydrogen-bond acceptors (Lipinski definition) is 6. The van der Waals surface area contributed by atoms with Gasteiger partial charge >= 0.3 is 20.2 Å². The fourth-order valence-electron chi connectivity index (χ4n) is 2.55. The molecule has 6 nitrogen and oxygen atoms in total. The fraction of sp³-hybridized carbons (Fsp3) is 0.200. The van der Waals surface area contributed by atoms with E-state index in [9.17, 15) is 16.8 Å². The van der Waals surface area contributed by atoms with E-state index in [0.29, 0.717) is 11.1 Å². The molecule has 28 heavy (non-hydrogen) atoms. The summed E-state index contributed by atoms with van der Waals surface area (Å²) in [5, 5.41) is 0. The highest BCUT2D eigenvalue weighted by atomic mass is 32.2. The number of allylic oxidation sites excluding steroid dienone is 2. The molecule has 2 aromatic carbocycles. The van der Waals surface area contributed by atoms with E-state index in [1.807, 2.05) is 13.8 Å². The molecule has 0 bridgehead atoms. The first-order valence-corrected chi connectivity index (χ1v) is 12.0. The summed E-state index contributed by atoms with van der Waals surface area (Å²) in [6.45, 7) is 3.64. The lowest BCUT2D eigenvalue weighted by Crippen LogP contribution is -2.07. The van der Waals surface area contributed by atoms with Crippen molar-refractivity contribution >= 4 is 32.4 Å². The van der Waals surface area contributed by atoms with Gasteiger partial charge in [0.05, 0.1) is 12.5 Å². The van der Waals surface area contributed by atoms with Crippen LogP contribution in [0.2, 0.25) is 0 Å². The number of rotatable bonds is 7. The molecule has 2 rings (SSSR count). The normalized spacial score (nSPS) is 12.6. The lowest BCUT2D eigenvalue weighted by atomic mass is 9.99. The van der Waals surface area contributed by atoms with Gasteiger partial charge in [0.25, 0.3) is 0 Å². The van der Waals surface area contributed by atoms with Gasteiger partial charge in [0.2, 0.25) is 0 Å². The van der Waals surface area contributed by atoms with Crippen molar-refractivity contribution in [3.63, 3.8) is 0 Å². The molecule has 0 unspecified atom stereocenters. The van der Waals surface area contributed by atoms with E-state index in [2.05, 4.69) is 0 Å². The highest BCUT2D eigenvalue weighted by Crippen LogP contribution is 2.32. The van der Waals surface area contributed by atoms with Gasteiger partial charge in [-0.1, -0.05) is 36.4 Å². The Hall–Kier alpha value is -2.58. The predicted octanol–water partition coefficient (Wildman–Crippen LogP) is 4.10. The second kappa shape index (κ2) is 8.62. The average Bonchev–Trinajstić information content (AvgIpc) is 2.56. The molecule has 0 atom stereocenters. The highest BCUT2D eigenvalue weighted by Gasteiger charge is 2.13. The van der Waals surface area contributed by atoms with Gasteiger partial charge in [-0.2, -0.15) is 16.8 Å². The number of hydrogen-bond donors (Lipinski definition) is 0. The van der Waals surface area contributed by atoms with Crippen LogP contribution in [0.25, 0.3) is 23.3 Å². The van der Waals surface area contributed by atoms with E-state index in [-0.39, 0.29) is 11.5 Å². The van der Waals surface area contributed by atoms with E-state index in [1.54, 1.807) is 60.7 Å². The van der Waals surface area contributed by atoms with Crippen LogP contribution in [0.4, 0.5) is 0 Å². The van der Waals surface area contributed by atoms with Crippen molar-refractivity contribution in [2.24, 2.45) is 0 Å². The van der Waals surface area contributed by atoms with Gasteiger partial charge in [0, 0.05) is 11.1 Å². The van der Waals surface area contributed by atoms with Gasteiger partial charge in [-0.05, 0) is 49.2 Å². The Bertz CT molecular complexity index is 1040.